The van der Waals surface area contributed by atoms with Gasteiger partial charge in [0.25, 0.3) is 5.91 Å². The fourth-order valence-corrected chi connectivity index (χ4v) is 3.49. The van der Waals surface area contributed by atoms with E-state index in [1.54, 1.807) is 29.2 Å². The molecule has 3 amide bonds. The molecule has 2 aliphatic rings. The van der Waals surface area contributed by atoms with Crippen molar-refractivity contribution in [3.8, 4) is 0 Å². The molecule has 150 valence electrons. The molecule has 1 aliphatic heterocycles. The third-order valence-corrected chi connectivity index (χ3v) is 5.30. The molecule has 0 spiro atoms. The van der Waals surface area contributed by atoms with Gasteiger partial charge in [-0.05, 0) is 36.6 Å². The molecule has 1 heterocycles. The zero-order valence-corrected chi connectivity index (χ0v) is 15.7. The molecule has 0 unspecified atom stereocenters. The van der Waals surface area contributed by atoms with Crippen LogP contribution in [0, 0.1) is 11.6 Å². The summed E-state index contributed by atoms with van der Waals surface area (Å²) in [5.41, 5.74) is 1.48. The first-order valence-corrected chi connectivity index (χ1v) is 9.59. The average molecular weight is 398 g/mol. The molecule has 7 heteroatoms. The molecular weight excluding hydrogens is 378 g/mol. The van der Waals surface area contributed by atoms with E-state index in [0.29, 0.717) is 5.56 Å². The van der Waals surface area contributed by atoms with Crippen molar-refractivity contribution in [3.63, 3.8) is 0 Å². The van der Waals surface area contributed by atoms with Crippen LogP contribution in [0.4, 0.5) is 8.78 Å². The van der Waals surface area contributed by atoms with Crippen LogP contribution >= 0.6 is 0 Å². The molecule has 2 aromatic rings. The van der Waals surface area contributed by atoms with Gasteiger partial charge in [0.2, 0.25) is 11.8 Å². The molecule has 0 atom stereocenters. The SMILES string of the molecule is O=C1CCC(=O)N1Cc1ccc(C(=O)N(Cc2ccc(F)cc2F)C2CC2)cc1. The highest BCUT2D eigenvalue weighted by molar-refractivity contribution is 6.01. The first-order valence-electron chi connectivity index (χ1n) is 9.59. The minimum atomic E-state index is -0.668. The molecule has 29 heavy (non-hydrogen) atoms. The van der Waals surface area contributed by atoms with Crippen LogP contribution in [0.15, 0.2) is 42.5 Å². The zero-order chi connectivity index (χ0) is 20.5. The van der Waals surface area contributed by atoms with Crippen molar-refractivity contribution in [2.75, 3.05) is 0 Å². The summed E-state index contributed by atoms with van der Waals surface area (Å²) in [6.45, 7) is 0.271. The quantitative estimate of drug-likeness (QED) is 0.701. The normalized spacial score (nSPS) is 16.4. The Kier molecular flexibility index (Phi) is 5.13. The monoisotopic (exact) mass is 398 g/mol. The lowest BCUT2D eigenvalue weighted by atomic mass is 10.1. The largest absolute Gasteiger partial charge is 0.331 e. The van der Waals surface area contributed by atoms with E-state index >= 15 is 0 Å². The summed E-state index contributed by atoms with van der Waals surface area (Å²) in [7, 11) is 0. The summed E-state index contributed by atoms with van der Waals surface area (Å²) in [6.07, 6.45) is 2.19. The lowest BCUT2D eigenvalue weighted by molar-refractivity contribution is -0.139. The Morgan fingerprint density at radius 2 is 1.66 bits per heavy atom. The Balaban J connectivity index is 1.48. The van der Waals surface area contributed by atoms with E-state index in [-0.39, 0.29) is 55.3 Å². The van der Waals surface area contributed by atoms with E-state index in [9.17, 15) is 23.2 Å². The fourth-order valence-electron chi connectivity index (χ4n) is 3.49. The lowest BCUT2D eigenvalue weighted by Gasteiger charge is -2.23. The number of hydrogen-bond donors (Lipinski definition) is 0. The van der Waals surface area contributed by atoms with Gasteiger partial charge < -0.3 is 4.90 Å². The Labute approximate surface area is 166 Å². The summed E-state index contributed by atoms with van der Waals surface area (Å²) in [5.74, 6) is -1.91. The number of rotatable bonds is 6. The van der Waals surface area contributed by atoms with Crippen molar-refractivity contribution in [2.45, 2.75) is 44.8 Å². The van der Waals surface area contributed by atoms with Crippen LogP contribution in [-0.4, -0.2) is 33.6 Å². The Bertz CT molecular complexity index is 955. The van der Waals surface area contributed by atoms with Gasteiger partial charge in [0, 0.05) is 42.6 Å². The van der Waals surface area contributed by atoms with Gasteiger partial charge >= 0.3 is 0 Å². The minimum Gasteiger partial charge on any atom is -0.331 e. The third-order valence-electron chi connectivity index (χ3n) is 5.30. The number of carbonyl (C=O) groups is 3. The number of hydrogen-bond acceptors (Lipinski definition) is 3. The van der Waals surface area contributed by atoms with Crippen molar-refractivity contribution < 1.29 is 23.2 Å². The van der Waals surface area contributed by atoms with Gasteiger partial charge in [-0.15, -0.1) is 0 Å². The molecule has 1 aliphatic carbocycles. The number of benzene rings is 2. The summed E-state index contributed by atoms with van der Waals surface area (Å²) >= 11 is 0. The molecule has 0 N–H and O–H groups in total. The van der Waals surface area contributed by atoms with E-state index in [2.05, 4.69) is 0 Å². The van der Waals surface area contributed by atoms with Crippen LogP contribution in [0.3, 0.4) is 0 Å². The molecule has 1 saturated carbocycles. The second kappa shape index (κ2) is 7.73. The fraction of sp³-hybridized carbons (Fsp3) is 0.318. The van der Waals surface area contributed by atoms with Crippen LogP contribution in [0.25, 0.3) is 0 Å². The number of likely N-dealkylation sites (tertiary alicyclic amines) is 1. The van der Waals surface area contributed by atoms with Gasteiger partial charge in [0.1, 0.15) is 11.6 Å². The van der Waals surface area contributed by atoms with E-state index in [1.807, 2.05) is 0 Å². The summed E-state index contributed by atoms with van der Waals surface area (Å²) in [4.78, 5) is 39.3. The van der Waals surface area contributed by atoms with Crippen molar-refractivity contribution in [3.05, 3.63) is 70.8 Å². The lowest BCUT2D eigenvalue weighted by Crippen LogP contribution is -2.33. The van der Waals surface area contributed by atoms with E-state index in [4.69, 9.17) is 0 Å². The highest BCUT2D eigenvalue weighted by Gasteiger charge is 2.34. The van der Waals surface area contributed by atoms with Crippen LogP contribution in [0.1, 0.15) is 47.2 Å². The van der Waals surface area contributed by atoms with E-state index in [1.165, 1.54) is 17.0 Å². The van der Waals surface area contributed by atoms with Gasteiger partial charge in [-0.25, -0.2) is 8.78 Å². The maximum Gasteiger partial charge on any atom is 0.254 e. The summed E-state index contributed by atoms with van der Waals surface area (Å²) < 4.78 is 27.2. The van der Waals surface area contributed by atoms with Crippen molar-refractivity contribution in [1.29, 1.82) is 0 Å². The summed E-state index contributed by atoms with van der Waals surface area (Å²) in [6, 6.07) is 10.2. The second-order valence-electron chi connectivity index (χ2n) is 7.47. The zero-order valence-electron chi connectivity index (χ0n) is 15.7. The number of nitrogens with zero attached hydrogens (tertiary/aromatic N) is 2. The van der Waals surface area contributed by atoms with Gasteiger partial charge in [-0.3, -0.25) is 19.3 Å². The van der Waals surface area contributed by atoms with Gasteiger partial charge in [0.05, 0.1) is 6.54 Å². The number of carbonyl (C=O) groups excluding carboxylic acids is 3. The topological polar surface area (TPSA) is 57.7 Å². The highest BCUT2D eigenvalue weighted by Crippen LogP contribution is 2.30. The summed E-state index contributed by atoms with van der Waals surface area (Å²) in [5, 5.41) is 0. The third kappa shape index (κ3) is 4.18. The Hall–Kier alpha value is -3.09. The number of imide groups is 1. The second-order valence-corrected chi connectivity index (χ2v) is 7.47. The molecule has 0 aromatic heterocycles. The maximum absolute atomic E-state index is 14.0. The van der Waals surface area contributed by atoms with Crippen LogP contribution in [0.5, 0.6) is 0 Å². The predicted octanol–water partition coefficient (Wildman–Crippen LogP) is 3.42. The highest BCUT2D eigenvalue weighted by atomic mass is 19.1. The number of amides is 3. The maximum atomic E-state index is 14.0. The number of halogens is 2. The molecule has 5 nitrogen and oxygen atoms in total. The van der Waals surface area contributed by atoms with Crippen LogP contribution < -0.4 is 0 Å². The smallest absolute Gasteiger partial charge is 0.254 e. The van der Waals surface area contributed by atoms with E-state index < -0.39 is 11.6 Å². The molecule has 2 aromatic carbocycles. The predicted molar refractivity (Wildman–Crippen MR) is 100 cm³/mol. The van der Waals surface area contributed by atoms with Crippen molar-refractivity contribution in [2.24, 2.45) is 0 Å². The molecule has 4 rings (SSSR count). The van der Waals surface area contributed by atoms with E-state index in [0.717, 1.165) is 24.5 Å². The molecular formula is C22H20F2N2O3. The average Bonchev–Trinajstić information content (AvgIpc) is 3.49. The van der Waals surface area contributed by atoms with Gasteiger partial charge in [0.15, 0.2) is 0 Å². The molecule has 1 saturated heterocycles. The van der Waals surface area contributed by atoms with Crippen molar-refractivity contribution in [1.82, 2.24) is 9.80 Å². The first kappa shape index (κ1) is 19.2. The Morgan fingerprint density at radius 1 is 1.00 bits per heavy atom. The Morgan fingerprint density at radius 3 is 2.24 bits per heavy atom. The van der Waals surface area contributed by atoms with Crippen LogP contribution in [0.2, 0.25) is 0 Å². The molecule has 0 radical (unpaired) electrons. The molecule has 2 fully saturated rings. The van der Waals surface area contributed by atoms with Crippen LogP contribution in [-0.2, 0) is 22.7 Å². The van der Waals surface area contributed by atoms with Crippen molar-refractivity contribution >= 4 is 17.7 Å². The minimum absolute atomic E-state index is 0.0477. The standard InChI is InChI=1S/C22H20F2N2O3/c23-17-6-5-16(19(24)11-17)13-25(18-7-8-18)22(29)15-3-1-14(2-4-15)12-26-20(27)9-10-21(26)28/h1-6,11,18H,7-10,12-13H2. The van der Waals surface area contributed by atoms with Gasteiger partial charge in [-0.1, -0.05) is 18.2 Å². The first-order chi connectivity index (χ1) is 13.9. The molecule has 0 bridgehead atoms. The van der Waals surface area contributed by atoms with Gasteiger partial charge in [-0.2, -0.15) is 0 Å².